The Bertz CT molecular complexity index is 642. The van der Waals surface area contributed by atoms with Crippen LogP contribution in [0.25, 0.3) is 0 Å². The van der Waals surface area contributed by atoms with Crippen LogP contribution in [0.3, 0.4) is 0 Å². The standard InChI is InChI=1S/C15H11BClNO/c16-12-6-11-9-18(8-10-4-2-1-3-5-10)15(19)14(11)13(17)7-12/h1-7H,8-9H2. The summed E-state index contributed by atoms with van der Waals surface area (Å²) in [5, 5.41) is 0.440. The van der Waals surface area contributed by atoms with E-state index in [9.17, 15) is 4.79 Å². The first kappa shape index (κ1) is 12.3. The molecule has 1 heterocycles. The van der Waals surface area contributed by atoms with Crippen LogP contribution in [0.4, 0.5) is 0 Å². The number of halogens is 1. The van der Waals surface area contributed by atoms with E-state index in [1.807, 2.05) is 36.4 Å². The van der Waals surface area contributed by atoms with Crippen LogP contribution in [0.2, 0.25) is 5.02 Å². The van der Waals surface area contributed by atoms with Crippen LogP contribution in [0.5, 0.6) is 0 Å². The number of hydrogen-bond acceptors (Lipinski definition) is 1. The van der Waals surface area contributed by atoms with Crippen molar-refractivity contribution < 1.29 is 4.79 Å². The Hall–Kier alpha value is -1.74. The Morgan fingerprint density at radius 2 is 1.95 bits per heavy atom. The SMILES string of the molecule is [B]c1cc(Cl)c2c(c1)CN(Cc1ccccc1)C2=O. The highest BCUT2D eigenvalue weighted by Crippen LogP contribution is 2.29. The van der Waals surface area contributed by atoms with Gasteiger partial charge in [-0.05, 0) is 17.2 Å². The third kappa shape index (κ3) is 2.26. The van der Waals surface area contributed by atoms with Crippen LogP contribution < -0.4 is 5.46 Å². The molecule has 0 saturated carbocycles. The van der Waals surface area contributed by atoms with Gasteiger partial charge in [0.15, 0.2) is 0 Å². The maximum absolute atomic E-state index is 12.3. The zero-order valence-corrected chi connectivity index (χ0v) is 11.0. The van der Waals surface area contributed by atoms with Crippen molar-refractivity contribution in [3.8, 4) is 0 Å². The lowest BCUT2D eigenvalue weighted by Crippen LogP contribution is -2.23. The number of benzene rings is 2. The molecule has 1 aliphatic rings. The van der Waals surface area contributed by atoms with Gasteiger partial charge in [-0.3, -0.25) is 4.79 Å². The number of hydrogen-bond donors (Lipinski definition) is 0. The Labute approximate surface area is 118 Å². The van der Waals surface area contributed by atoms with E-state index in [2.05, 4.69) is 0 Å². The average molecular weight is 268 g/mol. The van der Waals surface area contributed by atoms with Crippen LogP contribution in [0.15, 0.2) is 42.5 Å². The summed E-state index contributed by atoms with van der Waals surface area (Å²) in [7, 11) is 5.76. The van der Waals surface area contributed by atoms with Crippen LogP contribution in [-0.2, 0) is 13.1 Å². The van der Waals surface area contributed by atoms with E-state index in [-0.39, 0.29) is 5.91 Å². The summed E-state index contributed by atoms with van der Waals surface area (Å²) in [5.74, 6) is -0.0242. The van der Waals surface area contributed by atoms with Gasteiger partial charge in [0.1, 0.15) is 7.85 Å². The van der Waals surface area contributed by atoms with Crippen LogP contribution in [0.1, 0.15) is 21.5 Å². The van der Waals surface area contributed by atoms with Gasteiger partial charge in [-0.25, -0.2) is 0 Å². The molecule has 0 aliphatic carbocycles. The fourth-order valence-corrected chi connectivity index (χ4v) is 2.75. The molecule has 0 unspecified atom stereocenters. The molecule has 92 valence electrons. The zero-order valence-electron chi connectivity index (χ0n) is 10.3. The van der Waals surface area contributed by atoms with Gasteiger partial charge in [0.2, 0.25) is 0 Å². The van der Waals surface area contributed by atoms with Crippen molar-refractivity contribution in [3.63, 3.8) is 0 Å². The Morgan fingerprint density at radius 3 is 2.68 bits per heavy atom. The molecule has 2 nitrogen and oxygen atoms in total. The highest BCUT2D eigenvalue weighted by atomic mass is 35.5. The number of carbonyl (C=O) groups excluding carboxylic acids is 1. The van der Waals surface area contributed by atoms with Gasteiger partial charge in [0.25, 0.3) is 5.91 Å². The monoisotopic (exact) mass is 267 g/mol. The molecular weight excluding hydrogens is 256 g/mol. The van der Waals surface area contributed by atoms with Gasteiger partial charge in [0, 0.05) is 13.1 Å². The van der Waals surface area contributed by atoms with Gasteiger partial charge in [-0.1, -0.05) is 53.5 Å². The third-order valence-corrected chi connectivity index (χ3v) is 3.57. The second kappa shape index (κ2) is 4.74. The summed E-state index contributed by atoms with van der Waals surface area (Å²) >= 11 is 6.11. The zero-order chi connectivity index (χ0) is 13.4. The molecule has 0 aromatic heterocycles. The Morgan fingerprint density at radius 1 is 1.21 bits per heavy atom. The van der Waals surface area contributed by atoms with E-state index in [0.29, 0.717) is 29.1 Å². The van der Waals surface area contributed by atoms with Crippen molar-refractivity contribution in [1.82, 2.24) is 4.90 Å². The van der Waals surface area contributed by atoms with Crippen molar-refractivity contribution >= 4 is 30.8 Å². The smallest absolute Gasteiger partial charge is 0.256 e. The van der Waals surface area contributed by atoms with E-state index in [0.717, 1.165) is 11.1 Å². The Kier molecular flexibility index (Phi) is 3.07. The second-order valence-electron chi connectivity index (χ2n) is 4.68. The molecule has 1 aliphatic heterocycles. The van der Waals surface area contributed by atoms with Crippen molar-refractivity contribution in [2.75, 3.05) is 0 Å². The van der Waals surface area contributed by atoms with Crippen molar-refractivity contribution in [2.24, 2.45) is 0 Å². The minimum Gasteiger partial charge on any atom is -0.330 e. The lowest BCUT2D eigenvalue weighted by molar-refractivity contribution is 0.0767. The van der Waals surface area contributed by atoms with E-state index in [1.54, 1.807) is 11.0 Å². The first-order chi connectivity index (χ1) is 9.15. The number of nitrogens with zero attached hydrogens (tertiary/aromatic N) is 1. The molecule has 0 fully saturated rings. The van der Waals surface area contributed by atoms with Gasteiger partial charge in [0.05, 0.1) is 10.6 Å². The van der Waals surface area contributed by atoms with Gasteiger partial charge < -0.3 is 4.90 Å². The highest BCUT2D eigenvalue weighted by Gasteiger charge is 2.29. The summed E-state index contributed by atoms with van der Waals surface area (Å²) < 4.78 is 0. The topological polar surface area (TPSA) is 20.3 Å². The van der Waals surface area contributed by atoms with Crippen molar-refractivity contribution in [3.05, 3.63) is 64.2 Å². The van der Waals surface area contributed by atoms with Crippen LogP contribution in [-0.4, -0.2) is 18.7 Å². The molecule has 2 aromatic rings. The molecule has 2 radical (unpaired) electrons. The van der Waals surface area contributed by atoms with Crippen LogP contribution in [0, 0.1) is 0 Å². The number of amides is 1. The third-order valence-electron chi connectivity index (χ3n) is 3.27. The first-order valence-corrected chi connectivity index (χ1v) is 6.44. The molecule has 0 spiro atoms. The summed E-state index contributed by atoms with van der Waals surface area (Å²) in [4.78, 5) is 14.1. The lowest BCUT2D eigenvalue weighted by Gasteiger charge is -2.15. The van der Waals surface area contributed by atoms with Gasteiger partial charge in [-0.15, -0.1) is 0 Å². The molecule has 1 amide bonds. The second-order valence-corrected chi connectivity index (χ2v) is 5.09. The highest BCUT2D eigenvalue weighted by molar-refractivity contribution is 6.38. The molecule has 0 saturated heterocycles. The summed E-state index contributed by atoms with van der Waals surface area (Å²) in [5.41, 5.74) is 3.20. The summed E-state index contributed by atoms with van der Waals surface area (Å²) in [6.45, 7) is 1.15. The predicted octanol–water partition coefficient (Wildman–Crippen LogP) is 2.29. The first-order valence-electron chi connectivity index (χ1n) is 6.06. The van der Waals surface area contributed by atoms with Crippen LogP contribution >= 0.6 is 11.6 Å². The Balaban J connectivity index is 1.89. The van der Waals surface area contributed by atoms with E-state index in [4.69, 9.17) is 19.4 Å². The quantitative estimate of drug-likeness (QED) is 0.765. The predicted molar refractivity (Wildman–Crippen MR) is 76.9 cm³/mol. The van der Waals surface area contributed by atoms with E-state index >= 15 is 0 Å². The normalized spacial score (nSPS) is 13.7. The summed E-state index contributed by atoms with van der Waals surface area (Å²) in [6, 6.07) is 13.4. The lowest BCUT2D eigenvalue weighted by atomic mass is 9.93. The van der Waals surface area contributed by atoms with E-state index in [1.165, 1.54) is 0 Å². The molecule has 4 heteroatoms. The van der Waals surface area contributed by atoms with Gasteiger partial charge in [-0.2, -0.15) is 0 Å². The molecule has 2 aromatic carbocycles. The van der Waals surface area contributed by atoms with Crippen molar-refractivity contribution in [1.29, 1.82) is 0 Å². The van der Waals surface area contributed by atoms with E-state index < -0.39 is 0 Å². The summed E-state index contributed by atoms with van der Waals surface area (Å²) in [6.07, 6.45) is 0. The molecule has 0 atom stereocenters. The fourth-order valence-electron chi connectivity index (χ4n) is 2.42. The average Bonchev–Trinajstić information content (AvgIpc) is 2.67. The fraction of sp³-hybridized carbons (Fsp3) is 0.133. The number of carbonyl (C=O) groups is 1. The maximum Gasteiger partial charge on any atom is 0.256 e. The molecule has 3 rings (SSSR count). The van der Waals surface area contributed by atoms with Crippen molar-refractivity contribution in [2.45, 2.75) is 13.1 Å². The molecule has 0 bridgehead atoms. The number of rotatable bonds is 2. The molecular formula is C15H11BClNO. The van der Waals surface area contributed by atoms with Gasteiger partial charge >= 0.3 is 0 Å². The molecule has 0 N–H and O–H groups in total. The minimum atomic E-state index is -0.0242. The number of fused-ring (bicyclic) bond motifs is 1. The maximum atomic E-state index is 12.3. The largest absolute Gasteiger partial charge is 0.330 e. The molecule has 19 heavy (non-hydrogen) atoms. The minimum absolute atomic E-state index is 0.0242.